The molecule has 0 bridgehead atoms. The van der Waals surface area contributed by atoms with Gasteiger partial charge in [-0.05, 0) is 18.6 Å². The number of carboxylic acid groups (broad SMARTS) is 1. The van der Waals surface area contributed by atoms with Crippen LogP contribution in [0.15, 0.2) is 34.2 Å². The van der Waals surface area contributed by atoms with Gasteiger partial charge >= 0.3 is 5.97 Å². The summed E-state index contributed by atoms with van der Waals surface area (Å²) in [7, 11) is 0. The van der Waals surface area contributed by atoms with Gasteiger partial charge in [-0.25, -0.2) is 4.99 Å². The van der Waals surface area contributed by atoms with Gasteiger partial charge in [0.15, 0.2) is 0 Å². The van der Waals surface area contributed by atoms with Crippen LogP contribution in [0.25, 0.3) is 0 Å². The maximum Gasteiger partial charge on any atom is 0.304 e. The lowest BCUT2D eigenvalue weighted by molar-refractivity contribution is -0.136. The molecule has 0 amide bonds. The van der Waals surface area contributed by atoms with E-state index in [2.05, 4.69) is 18.0 Å². The first-order chi connectivity index (χ1) is 8.70. The standard InChI is InChI=1S/C13H15NO2S2/c1-2-10-13(17-8-7-12(15)16)14-9-5-3-4-6-11(9)18-10/h3-6,10H,2,7-8H2,1H3,(H,15,16). The summed E-state index contributed by atoms with van der Waals surface area (Å²) < 4.78 is 0. The predicted octanol–water partition coefficient (Wildman–Crippen LogP) is 3.81. The second-order valence-corrected chi connectivity index (χ2v) is 6.28. The van der Waals surface area contributed by atoms with E-state index in [-0.39, 0.29) is 6.42 Å². The summed E-state index contributed by atoms with van der Waals surface area (Å²) in [5, 5.41) is 10.1. The minimum atomic E-state index is -0.750. The number of nitrogens with zero attached hydrogens (tertiary/aromatic N) is 1. The molecule has 0 radical (unpaired) electrons. The van der Waals surface area contributed by atoms with E-state index in [4.69, 9.17) is 5.11 Å². The smallest absolute Gasteiger partial charge is 0.304 e. The second kappa shape index (κ2) is 6.29. The molecule has 1 aromatic rings. The van der Waals surface area contributed by atoms with Gasteiger partial charge in [0.25, 0.3) is 0 Å². The van der Waals surface area contributed by atoms with Gasteiger partial charge in [-0.3, -0.25) is 4.79 Å². The van der Waals surface area contributed by atoms with Gasteiger partial charge < -0.3 is 5.11 Å². The average Bonchev–Trinajstić information content (AvgIpc) is 2.37. The molecular weight excluding hydrogens is 266 g/mol. The van der Waals surface area contributed by atoms with Crippen LogP contribution in [0.4, 0.5) is 5.69 Å². The van der Waals surface area contributed by atoms with Gasteiger partial charge in [0.1, 0.15) is 0 Å². The van der Waals surface area contributed by atoms with Crippen molar-refractivity contribution in [3.05, 3.63) is 24.3 Å². The molecule has 0 spiro atoms. The normalized spacial score (nSPS) is 18.1. The maximum atomic E-state index is 10.5. The lowest BCUT2D eigenvalue weighted by Crippen LogP contribution is -2.16. The predicted molar refractivity (Wildman–Crippen MR) is 78.2 cm³/mol. The summed E-state index contributed by atoms with van der Waals surface area (Å²) in [5.74, 6) is -0.159. The highest BCUT2D eigenvalue weighted by Crippen LogP contribution is 2.41. The Morgan fingerprint density at radius 3 is 3.00 bits per heavy atom. The van der Waals surface area contributed by atoms with E-state index in [0.29, 0.717) is 11.0 Å². The minimum absolute atomic E-state index is 0.187. The Hall–Kier alpha value is -0.940. The molecule has 96 valence electrons. The Morgan fingerprint density at radius 2 is 2.28 bits per heavy atom. The van der Waals surface area contributed by atoms with E-state index in [0.717, 1.165) is 17.2 Å². The number of benzene rings is 1. The fraction of sp³-hybridized carbons (Fsp3) is 0.385. The number of hydrogen-bond acceptors (Lipinski definition) is 4. The summed E-state index contributed by atoms with van der Waals surface area (Å²) in [6.07, 6.45) is 1.20. The van der Waals surface area contributed by atoms with E-state index in [1.165, 1.54) is 4.90 Å². The topological polar surface area (TPSA) is 49.7 Å². The molecule has 1 aliphatic heterocycles. The summed E-state index contributed by atoms with van der Waals surface area (Å²) in [5.41, 5.74) is 1.00. The van der Waals surface area contributed by atoms with Crippen LogP contribution in [0.3, 0.4) is 0 Å². The molecule has 0 aromatic heterocycles. The fourth-order valence-electron chi connectivity index (χ4n) is 1.67. The quantitative estimate of drug-likeness (QED) is 0.911. The molecule has 0 saturated heterocycles. The number of hydrogen-bond donors (Lipinski definition) is 1. The molecular formula is C13H15NO2S2. The van der Waals surface area contributed by atoms with E-state index in [1.807, 2.05) is 30.0 Å². The third-order valence-electron chi connectivity index (χ3n) is 2.58. The monoisotopic (exact) mass is 281 g/mol. The molecule has 5 heteroatoms. The minimum Gasteiger partial charge on any atom is -0.481 e. The van der Waals surface area contributed by atoms with Crippen LogP contribution in [0, 0.1) is 0 Å². The SMILES string of the molecule is CCC1Sc2ccccc2N=C1SCCC(=O)O. The third kappa shape index (κ3) is 3.29. The molecule has 0 saturated carbocycles. The highest BCUT2D eigenvalue weighted by atomic mass is 32.2. The number of rotatable bonds is 4. The molecule has 1 aliphatic rings. The molecule has 18 heavy (non-hydrogen) atoms. The van der Waals surface area contributed by atoms with Crippen molar-refractivity contribution in [3.63, 3.8) is 0 Å². The Morgan fingerprint density at radius 1 is 1.50 bits per heavy atom. The number of carboxylic acids is 1. The summed E-state index contributed by atoms with van der Waals surface area (Å²) in [4.78, 5) is 16.4. The highest BCUT2D eigenvalue weighted by Gasteiger charge is 2.22. The zero-order chi connectivity index (χ0) is 13.0. The van der Waals surface area contributed by atoms with Gasteiger partial charge in [-0.1, -0.05) is 19.1 Å². The lowest BCUT2D eigenvalue weighted by atomic mass is 10.3. The van der Waals surface area contributed by atoms with Crippen molar-refractivity contribution in [3.8, 4) is 0 Å². The summed E-state index contributed by atoms with van der Waals surface area (Å²) in [6, 6.07) is 8.10. The molecule has 3 nitrogen and oxygen atoms in total. The Balaban J connectivity index is 2.11. The summed E-state index contributed by atoms with van der Waals surface area (Å²) in [6.45, 7) is 2.14. The van der Waals surface area contributed by atoms with Crippen molar-refractivity contribution in [2.45, 2.75) is 29.9 Å². The fourth-order valence-corrected chi connectivity index (χ4v) is 4.04. The molecule has 0 aliphatic carbocycles. The van der Waals surface area contributed by atoms with E-state index in [9.17, 15) is 4.79 Å². The number of thioether (sulfide) groups is 2. The molecule has 1 heterocycles. The average molecular weight is 281 g/mol. The molecule has 1 atom stereocenters. The number of carbonyl (C=O) groups is 1. The number of aliphatic imine (C=N–C) groups is 1. The highest BCUT2D eigenvalue weighted by molar-refractivity contribution is 8.16. The number of para-hydroxylation sites is 1. The largest absolute Gasteiger partial charge is 0.481 e. The molecule has 1 unspecified atom stereocenters. The van der Waals surface area contributed by atoms with Crippen LogP contribution in [-0.2, 0) is 4.79 Å². The van der Waals surface area contributed by atoms with Crippen LogP contribution >= 0.6 is 23.5 Å². The van der Waals surface area contributed by atoms with Crippen molar-refractivity contribution < 1.29 is 9.90 Å². The van der Waals surface area contributed by atoms with Crippen LogP contribution in [0.2, 0.25) is 0 Å². The first-order valence-corrected chi connectivity index (χ1v) is 7.76. The van der Waals surface area contributed by atoms with E-state index >= 15 is 0 Å². The van der Waals surface area contributed by atoms with Crippen molar-refractivity contribution in [1.29, 1.82) is 0 Å². The first kappa shape index (κ1) is 13.5. The zero-order valence-corrected chi connectivity index (χ0v) is 11.8. The molecule has 0 fully saturated rings. The molecule has 2 rings (SSSR count). The first-order valence-electron chi connectivity index (χ1n) is 5.89. The van der Waals surface area contributed by atoms with Crippen molar-refractivity contribution in [2.75, 3.05) is 5.75 Å². The van der Waals surface area contributed by atoms with Crippen LogP contribution in [-0.4, -0.2) is 27.1 Å². The summed E-state index contributed by atoms with van der Waals surface area (Å²) >= 11 is 3.40. The van der Waals surface area contributed by atoms with E-state index < -0.39 is 5.97 Å². The van der Waals surface area contributed by atoms with Gasteiger partial charge in [-0.15, -0.1) is 23.5 Å². The zero-order valence-electron chi connectivity index (χ0n) is 10.1. The van der Waals surface area contributed by atoms with Gasteiger partial charge in [-0.2, -0.15) is 0 Å². The Bertz CT molecular complexity index is 474. The van der Waals surface area contributed by atoms with Gasteiger partial charge in [0.05, 0.1) is 22.4 Å². The Labute approximate surface area is 115 Å². The molecule has 1 N–H and O–H groups in total. The van der Waals surface area contributed by atoms with Gasteiger partial charge in [0.2, 0.25) is 0 Å². The number of fused-ring (bicyclic) bond motifs is 1. The van der Waals surface area contributed by atoms with Gasteiger partial charge in [0, 0.05) is 10.6 Å². The van der Waals surface area contributed by atoms with E-state index in [1.54, 1.807) is 11.8 Å². The van der Waals surface area contributed by atoms with Crippen LogP contribution < -0.4 is 0 Å². The van der Waals surface area contributed by atoms with Crippen LogP contribution in [0.1, 0.15) is 19.8 Å². The van der Waals surface area contributed by atoms with Crippen molar-refractivity contribution >= 4 is 40.2 Å². The van der Waals surface area contributed by atoms with Crippen LogP contribution in [0.5, 0.6) is 0 Å². The van der Waals surface area contributed by atoms with Crippen molar-refractivity contribution in [1.82, 2.24) is 0 Å². The van der Waals surface area contributed by atoms with Crippen molar-refractivity contribution in [2.24, 2.45) is 4.99 Å². The number of aliphatic carboxylic acids is 1. The third-order valence-corrected chi connectivity index (χ3v) is 5.25. The second-order valence-electron chi connectivity index (χ2n) is 3.92. The lowest BCUT2D eigenvalue weighted by Gasteiger charge is -2.22. The Kier molecular flexibility index (Phi) is 4.72. The molecule has 1 aromatic carbocycles. The maximum absolute atomic E-state index is 10.5.